The number of likely N-dealkylation sites (N-methyl/N-ethyl adjacent to an activating group) is 1. The highest BCUT2D eigenvalue weighted by Gasteiger charge is 2.15. The molecule has 0 amide bonds. The highest BCUT2D eigenvalue weighted by Crippen LogP contribution is 2.29. The molecule has 7 heteroatoms. The van der Waals surface area contributed by atoms with Crippen LogP contribution in [-0.2, 0) is 0 Å². The van der Waals surface area contributed by atoms with Crippen molar-refractivity contribution >= 4 is 11.6 Å². The van der Waals surface area contributed by atoms with Crippen molar-refractivity contribution < 1.29 is 4.74 Å². The van der Waals surface area contributed by atoms with E-state index >= 15 is 0 Å². The zero-order valence-corrected chi connectivity index (χ0v) is 14.4. The van der Waals surface area contributed by atoms with Crippen molar-refractivity contribution in [1.82, 2.24) is 24.5 Å². The molecule has 1 unspecified atom stereocenters. The average molecular weight is 326 g/mol. The normalized spacial score (nSPS) is 12.5. The molecule has 0 saturated carbocycles. The fraction of sp³-hybridized carbons (Fsp3) is 0.353. The molecule has 0 saturated heterocycles. The van der Waals surface area contributed by atoms with Crippen molar-refractivity contribution in [1.29, 1.82) is 0 Å². The lowest BCUT2D eigenvalue weighted by atomic mass is 10.1. The van der Waals surface area contributed by atoms with Crippen molar-refractivity contribution in [2.75, 3.05) is 33.1 Å². The number of ether oxygens (including phenoxy) is 1. The molecule has 7 nitrogen and oxygen atoms in total. The van der Waals surface area contributed by atoms with Crippen LogP contribution >= 0.6 is 0 Å². The summed E-state index contributed by atoms with van der Waals surface area (Å²) in [6, 6.07) is 8.15. The molecule has 0 radical (unpaired) electrons. The van der Waals surface area contributed by atoms with Gasteiger partial charge < -0.3 is 15.0 Å². The maximum absolute atomic E-state index is 5.24. The molecule has 0 fully saturated rings. The lowest BCUT2D eigenvalue weighted by Gasteiger charge is -2.21. The van der Waals surface area contributed by atoms with Crippen LogP contribution in [0.2, 0.25) is 0 Å². The van der Waals surface area contributed by atoms with Gasteiger partial charge in [0.2, 0.25) is 0 Å². The predicted octanol–water partition coefficient (Wildman–Crippen LogP) is 2.16. The maximum atomic E-state index is 5.24. The van der Waals surface area contributed by atoms with Gasteiger partial charge in [-0.05, 0) is 38.7 Å². The molecule has 1 atom stereocenters. The Hall–Kier alpha value is -2.67. The Kier molecular flexibility index (Phi) is 4.61. The van der Waals surface area contributed by atoms with Gasteiger partial charge >= 0.3 is 0 Å². The minimum absolute atomic E-state index is 0.242. The lowest BCUT2D eigenvalue weighted by molar-refractivity contribution is 0.391. The Labute approximate surface area is 141 Å². The number of benzene rings is 1. The summed E-state index contributed by atoms with van der Waals surface area (Å²) in [5, 5.41) is 7.86. The molecule has 0 spiro atoms. The monoisotopic (exact) mass is 326 g/mol. The summed E-state index contributed by atoms with van der Waals surface area (Å²) in [5.74, 6) is 2.29. The Balaban J connectivity index is 2.04. The van der Waals surface area contributed by atoms with E-state index in [9.17, 15) is 0 Å². The molecular weight excluding hydrogens is 304 g/mol. The molecule has 0 bridgehead atoms. The first-order valence-corrected chi connectivity index (χ1v) is 7.83. The van der Waals surface area contributed by atoms with Crippen LogP contribution in [0.1, 0.15) is 6.92 Å². The molecule has 126 valence electrons. The Morgan fingerprint density at radius 1 is 1.21 bits per heavy atom. The molecule has 0 aliphatic rings. The molecular formula is C17H22N6O. The van der Waals surface area contributed by atoms with Gasteiger partial charge in [-0.3, -0.25) is 0 Å². The number of rotatable bonds is 6. The second kappa shape index (κ2) is 6.84. The predicted molar refractivity (Wildman–Crippen MR) is 94.4 cm³/mol. The van der Waals surface area contributed by atoms with Gasteiger partial charge in [0.25, 0.3) is 5.78 Å². The quantitative estimate of drug-likeness (QED) is 0.749. The van der Waals surface area contributed by atoms with Gasteiger partial charge in [-0.1, -0.05) is 12.1 Å². The first-order chi connectivity index (χ1) is 11.6. The summed E-state index contributed by atoms with van der Waals surface area (Å²) < 4.78 is 6.98. The molecule has 1 N–H and O–H groups in total. The van der Waals surface area contributed by atoms with Gasteiger partial charge in [0.1, 0.15) is 17.9 Å². The third-order valence-corrected chi connectivity index (χ3v) is 3.73. The number of nitrogens with zero attached hydrogens (tertiary/aromatic N) is 5. The van der Waals surface area contributed by atoms with E-state index in [1.165, 1.54) is 6.33 Å². The van der Waals surface area contributed by atoms with Gasteiger partial charge in [0.05, 0.1) is 7.11 Å². The fourth-order valence-corrected chi connectivity index (χ4v) is 2.73. The van der Waals surface area contributed by atoms with Crippen LogP contribution in [-0.4, -0.2) is 58.3 Å². The molecule has 3 aromatic rings. The number of hydrogen-bond acceptors (Lipinski definition) is 6. The summed E-state index contributed by atoms with van der Waals surface area (Å²) in [7, 11) is 5.77. The van der Waals surface area contributed by atoms with Crippen LogP contribution in [0.5, 0.6) is 5.75 Å². The van der Waals surface area contributed by atoms with Crippen LogP contribution in [0.3, 0.4) is 0 Å². The summed E-state index contributed by atoms with van der Waals surface area (Å²) in [6.45, 7) is 3.04. The Morgan fingerprint density at radius 2 is 1.96 bits per heavy atom. The Morgan fingerprint density at radius 3 is 2.62 bits per heavy atom. The van der Waals surface area contributed by atoms with Crippen molar-refractivity contribution in [3.63, 3.8) is 0 Å². The number of hydrogen-bond donors (Lipinski definition) is 1. The molecule has 0 aliphatic carbocycles. The van der Waals surface area contributed by atoms with Gasteiger partial charge in [0.15, 0.2) is 0 Å². The number of fused-ring (bicyclic) bond motifs is 1. The molecule has 1 aromatic carbocycles. The highest BCUT2D eigenvalue weighted by atomic mass is 16.5. The van der Waals surface area contributed by atoms with Gasteiger partial charge in [-0.2, -0.15) is 14.6 Å². The van der Waals surface area contributed by atoms with E-state index in [1.54, 1.807) is 11.6 Å². The SMILES string of the molecule is COc1ccc(-c2cnc3ncnn3c2NC(C)CN(C)C)cc1. The zero-order valence-electron chi connectivity index (χ0n) is 14.4. The third-order valence-electron chi connectivity index (χ3n) is 3.73. The lowest BCUT2D eigenvalue weighted by Crippen LogP contribution is -2.30. The largest absolute Gasteiger partial charge is 0.497 e. The second-order valence-corrected chi connectivity index (χ2v) is 6.03. The van der Waals surface area contributed by atoms with E-state index in [4.69, 9.17) is 4.74 Å². The number of anilines is 1. The van der Waals surface area contributed by atoms with Crippen LogP contribution in [0.4, 0.5) is 5.82 Å². The van der Waals surface area contributed by atoms with E-state index < -0.39 is 0 Å². The van der Waals surface area contributed by atoms with Crippen molar-refractivity contribution in [2.45, 2.75) is 13.0 Å². The standard InChI is InChI=1S/C17H22N6O/c1-12(10-22(2)3)21-16-15(9-18-17-19-11-20-23(16)17)13-5-7-14(24-4)8-6-13/h5-9,11-12,21H,10H2,1-4H3. The molecule has 2 heterocycles. The van der Waals surface area contributed by atoms with Crippen molar-refractivity contribution in [3.8, 4) is 16.9 Å². The summed E-state index contributed by atoms with van der Waals surface area (Å²) in [5.41, 5.74) is 2.02. The molecule has 3 rings (SSSR count). The first kappa shape index (κ1) is 16.2. The summed E-state index contributed by atoms with van der Waals surface area (Å²) in [6.07, 6.45) is 3.35. The topological polar surface area (TPSA) is 67.6 Å². The molecule has 24 heavy (non-hydrogen) atoms. The van der Waals surface area contributed by atoms with Crippen LogP contribution < -0.4 is 10.1 Å². The fourth-order valence-electron chi connectivity index (χ4n) is 2.73. The second-order valence-electron chi connectivity index (χ2n) is 6.03. The Bertz CT molecular complexity index is 812. The van der Waals surface area contributed by atoms with E-state index in [0.717, 1.165) is 29.2 Å². The number of nitrogens with one attached hydrogen (secondary N) is 1. The van der Waals surface area contributed by atoms with E-state index in [0.29, 0.717) is 5.78 Å². The van der Waals surface area contributed by atoms with Gasteiger partial charge in [-0.25, -0.2) is 4.98 Å². The zero-order chi connectivity index (χ0) is 17.1. The minimum atomic E-state index is 0.242. The van der Waals surface area contributed by atoms with Crippen LogP contribution in [0.15, 0.2) is 36.8 Å². The minimum Gasteiger partial charge on any atom is -0.497 e. The van der Waals surface area contributed by atoms with Gasteiger partial charge in [0, 0.05) is 24.3 Å². The molecule has 2 aromatic heterocycles. The van der Waals surface area contributed by atoms with Crippen molar-refractivity contribution in [2.24, 2.45) is 0 Å². The summed E-state index contributed by atoms with van der Waals surface area (Å²) >= 11 is 0. The van der Waals surface area contributed by atoms with E-state index in [1.807, 2.05) is 30.5 Å². The maximum Gasteiger partial charge on any atom is 0.254 e. The average Bonchev–Trinajstić information content (AvgIpc) is 3.03. The molecule has 0 aliphatic heterocycles. The van der Waals surface area contributed by atoms with Gasteiger partial charge in [-0.15, -0.1) is 0 Å². The number of methoxy groups -OCH3 is 1. The van der Waals surface area contributed by atoms with Crippen LogP contribution in [0, 0.1) is 0 Å². The highest BCUT2D eigenvalue weighted by molar-refractivity contribution is 5.76. The van der Waals surface area contributed by atoms with Crippen LogP contribution in [0.25, 0.3) is 16.9 Å². The smallest absolute Gasteiger partial charge is 0.254 e. The number of aromatic nitrogens is 4. The van der Waals surface area contributed by atoms with E-state index in [2.05, 4.69) is 46.3 Å². The van der Waals surface area contributed by atoms with E-state index in [-0.39, 0.29) is 6.04 Å². The third kappa shape index (κ3) is 3.30. The van der Waals surface area contributed by atoms with Crippen molar-refractivity contribution in [3.05, 3.63) is 36.8 Å². The first-order valence-electron chi connectivity index (χ1n) is 7.83. The summed E-state index contributed by atoms with van der Waals surface area (Å²) in [4.78, 5) is 10.7.